The van der Waals surface area contributed by atoms with Gasteiger partial charge in [0.2, 0.25) is 10.0 Å². The van der Waals surface area contributed by atoms with Crippen molar-refractivity contribution in [1.82, 2.24) is 4.98 Å². The van der Waals surface area contributed by atoms with E-state index in [9.17, 15) is 30.0 Å². The molecule has 0 aliphatic rings. The lowest BCUT2D eigenvalue weighted by molar-refractivity contribution is -0.0434. The molecule has 12 heteroatoms. The van der Waals surface area contributed by atoms with Crippen molar-refractivity contribution in [3.05, 3.63) is 23.4 Å². The summed E-state index contributed by atoms with van der Waals surface area (Å²) >= 11 is 5.43. The van der Waals surface area contributed by atoms with Gasteiger partial charge in [-0.1, -0.05) is 11.6 Å². The zero-order chi connectivity index (χ0) is 15.1. The van der Waals surface area contributed by atoms with Crippen LogP contribution in [0.5, 0.6) is 0 Å². The number of hydrogen-bond acceptors (Lipinski definition) is 5. The zero-order valence-corrected chi connectivity index (χ0v) is 11.5. The standard InChI is InChI=1S/C7H6ClF3N2O4S2/c1-18(14,15)13(19(16,17)7(9,10)11)6-3-2-5(8)4-12-6/h2-4H,1H3. The number of nitrogens with zero attached hydrogens (tertiary/aromatic N) is 2. The maximum Gasteiger partial charge on any atom is 0.517 e. The van der Waals surface area contributed by atoms with Crippen molar-refractivity contribution in [3.8, 4) is 0 Å². The van der Waals surface area contributed by atoms with Gasteiger partial charge >= 0.3 is 15.5 Å². The number of rotatable bonds is 3. The van der Waals surface area contributed by atoms with E-state index in [4.69, 9.17) is 11.6 Å². The molecule has 0 saturated carbocycles. The second kappa shape index (κ2) is 4.80. The Bertz CT molecular complexity index is 669. The predicted molar refractivity (Wildman–Crippen MR) is 61.5 cm³/mol. The Morgan fingerprint density at radius 2 is 1.74 bits per heavy atom. The van der Waals surface area contributed by atoms with Gasteiger partial charge in [0.05, 0.1) is 11.3 Å². The lowest BCUT2D eigenvalue weighted by Crippen LogP contribution is -2.44. The Balaban J connectivity index is 3.55. The van der Waals surface area contributed by atoms with Crippen LogP contribution in [0.3, 0.4) is 0 Å². The molecule has 1 heterocycles. The van der Waals surface area contributed by atoms with Crippen molar-refractivity contribution in [1.29, 1.82) is 0 Å². The molecule has 0 unspecified atom stereocenters. The average Bonchev–Trinajstić information content (AvgIpc) is 2.17. The van der Waals surface area contributed by atoms with Crippen LogP contribution in [0.25, 0.3) is 0 Å². The number of alkyl halides is 3. The Hall–Kier alpha value is -1.07. The van der Waals surface area contributed by atoms with E-state index in [0.717, 1.165) is 18.3 Å². The molecule has 0 aliphatic heterocycles. The monoisotopic (exact) mass is 338 g/mol. The molecule has 0 bridgehead atoms. The van der Waals surface area contributed by atoms with E-state index in [1.165, 1.54) is 0 Å². The minimum atomic E-state index is -6.12. The molecule has 0 amide bonds. The SMILES string of the molecule is CS(=O)(=O)N(c1ccc(Cl)cn1)S(=O)(=O)C(F)(F)F. The molecule has 6 nitrogen and oxygen atoms in total. The average molecular weight is 339 g/mol. The van der Waals surface area contributed by atoms with Crippen LogP contribution in [0.1, 0.15) is 0 Å². The molecule has 0 aliphatic carbocycles. The second-order valence-electron chi connectivity index (χ2n) is 3.25. The van der Waals surface area contributed by atoms with Crippen LogP contribution < -0.4 is 3.71 Å². The zero-order valence-electron chi connectivity index (χ0n) is 9.09. The van der Waals surface area contributed by atoms with E-state index in [1.54, 1.807) is 0 Å². The molecule has 108 valence electrons. The summed E-state index contributed by atoms with van der Waals surface area (Å²) in [7, 11) is -10.9. The largest absolute Gasteiger partial charge is 0.517 e. The summed E-state index contributed by atoms with van der Waals surface area (Å²) in [6, 6.07) is 1.75. The summed E-state index contributed by atoms with van der Waals surface area (Å²) in [6.45, 7) is 0. The minimum absolute atomic E-state index is 0.00149. The molecule has 0 aromatic carbocycles. The number of halogens is 4. The van der Waals surface area contributed by atoms with Crippen LogP contribution in [0, 0.1) is 0 Å². The molecule has 0 N–H and O–H groups in total. The molecular formula is C7H6ClF3N2O4S2. The third kappa shape index (κ3) is 3.28. The fourth-order valence-corrected chi connectivity index (χ4v) is 3.82. The van der Waals surface area contributed by atoms with Crippen LogP contribution in [0.4, 0.5) is 19.0 Å². The number of aromatic nitrogens is 1. The number of anilines is 1. The molecule has 19 heavy (non-hydrogen) atoms. The molecule has 0 atom stereocenters. The number of sulfonamides is 2. The highest BCUT2D eigenvalue weighted by Gasteiger charge is 2.54. The van der Waals surface area contributed by atoms with Crippen LogP contribution in [0.2, 0.25) is 5.02 Å². The van der Waals surface area contributed by atoms with Gasteiger partial charge in [0.1, 0.15) is 0 Å². The van der Waals surface area contributed by atoms with Gasteiger partial charge in [-0.05, 0) is 12.1 Å². The molecule has 1 aromatic rings. The van der Waals surface area contributed by atoms with Crippen LogP contribution in [-0.2, 0) is 20.0 Å². The van der Waals surface area contributed by atoms with Crippen molar-refractivity contribution < 1.29 is 30.0 Å². The molecule has 0 fully saturated rings. The molecule has 0 saturated heterocycles. The summed E-state index contributed by atoms with van der Waals surface area (Å²) in [5.74, 6) is -0.927. The Labute approximate surface area is 111 Å². The van der Waals surface area contributed by atoms with Crippen molar-refractivity contribution >= 4 is 37.5 Å². The quantitative estimate of drug-likeness (QED) is 0.830. The van der Waals surface area contributed by atoms with Gasteiger partial charge in [-0.25, -0.2) is 13.4 Å². The van der Waals surface area contributed by atoms with Gasteiger partial charge in [0.15, 0.2) is 5.82 Å². The molecule has 0 radical (unpaired) electrons. The highest BCUT2D eigenvalue weighted by atomic mass is 35.5. The Morgan fingerprint density at radius 3 is 2.05 bits per heavy atom. The highest BCUT2D eigenvalue weighted by molar-refractivity contribution is 8.10. The molecular weight excluding hydrogens is 333 g/mol. The van der Waals surface area contributed by atoms with Gasteiger partial charge < -0.3 is 0 Å². The van der Waals surface area contributed by atoms with Crippen molar-refractivity contribution in [2.24, 2.45) is 0 Å². The molecule has 1 aromatic heterocycles. The smallest absolute Gasteiger partial charge is 0.236 e. The maximum absolute atomic E-state index is 12.4. The van der Waals surface area contributed by atoms with Crippen LogP contribution in [0.15, 0.2) is 18.3 Å². The summed E-state index contributed by atoms with van der Waals surface area (Å²) in [5, 5.41) is 0.00149. The van der Waals surface area contributed by atoms with Gasteiger partial charge in [0.25, 0.3) is 0 Å². The van der Waals surface area contributed by atoms with Crippen LogP contribution in [-0.4, -0.2) is 33.6 Å². The van der Waals surface area contributed by atoms with E-state index in [2.05, 4.69) is 4.98 Å². The normalized spacial score (nSPS) is 13.3. The lowest BCUT2D eigenvalue weighted by atomic mass is 10.5. The molecule has 0 spiro atoms. The maximum atomic E-state index is 12.4. The van der Waals surface area contributed by atoms with E-state index in [-0.39, 0.29) is 5.02 Å². The lowest BCUT2D eigenvalue weighted by Gasteiger charge is -2.21. The summed E-state index contributed by atoms with van der Waals surface area (Å²) in [4.78, 5) is 3.26. The summed E-state index contributed by atoms with van der Waals surface area (Å²) < 4.78 is 81.5. The first-order valence-electron chi connectivity index (χ1n) is 4.30. The molecule has 1 rings (SSSR count). The van der Waals surface area contributed by atoms with Crippen molar-refractivity contribution in [2.45, 2.75) is 5.51 Å². The number of hydrogen-bond donors (Lipinski definition) is 0. The minimum Gasteiger partial charge on any atom is -0.236 e. The van der Waals surface area contributed by atoms with Gasteiger partial charge in [0, 0.05) is 6.20 Å². The second-order valence-corrected chi connectivity index (χ2v) is 7.52. The Morgan fingerprint density at radius 1 is 1.21 bits per heavy atom. The van der Waals surface area contributed by atoms with E-state index >= 15 is 0 Å². The van der Waals surface area contributed by atoms with E-state index in [0.29, 0.717) is 6.26 Å². The van der Waals surface area contributed by atoms with Crippen molar-refractivity contribution in [3.63, 3.8) is 0 Å². The van der Waals surface area contributed by atoms with Gasteiger partial charge in [-0.15, -0.1) is 3.71 Å². The fourth-order valence-electron chi connectivity index (χ4n) is 1.04. The van der Waals surface area contributed by atoms with E-state index in [1.807, 2.05) is 0 Å². The van der Waals surface area contributed by atoms with E-state index < -0.39 is 35.1 Å². The first kappa shape index (κ1) is 16.0. The first-order chi connectivity index (χ1) is 8.37. The fraction of sp³-hybridized carbons (Fsp3) is 0.286. The summed E-state index contributed by atoms with van der Waals surface area (Å²) in [5.41, 5.74) is -5.78. The summed E-state index contributed by atoms with van der Waals surface area (Å²) in [6.07, 6.45) is 1.13. The van der Waals surface area contributed by atoms with Gasteiger partial charge in [-0.2, -0.15) is 21.6 Å². The third-order valence-corrected chi connectivity index (χ3v) is 5.33. The third-order valence-electron chi connectivity index (χ3n) is 1.71. The number of pyridine rings is 1. The highest BCUT2D eigenvalue weighted by Crippen LogP contribution is 2.31. The van der Waals surface area contributed by atoms with Crippen LogP contribution >= 0.6 is 11.6 Å². The topological polar surface area (TPSA) is 84.4 Å². The Kier molecular flexibility index (Phi) is 4.04. The van der Waals surface area contributed by atoms with Gasteiger partial charge in [-0.3, -0.25) is 0 Å². The predicted octanol–water partition coefficient (Wildman–Crippen LogP) is 1.35. The first-order valence-corrected chi connectivity index (χ1v) is 7.97. The van der Waals surface area contributed by atoms with Crippen molar-refractivity contribution in [2.75, 3.05) is 9.97 Å².